The molecule has 5 heteroatoms. The minimum atomic E-state index is -0.492. The van der Waals surface area contributed by atoms with E-state index in [2.05, 4.69) is 28.9 Å². The van der Waals surface area contributed by atoms with Crippen molar-refractivity contribution in [2.45, 2.75) is 25.1 Å². The van der Waals surface area contributed by atoms with Gasteiger partial charge in [0.1, 0.15) is 24.2 Å². The zero-order valence-electron chi connectivity index (χ0n) is 16.0. The Hall–Kier alpha value is -2.08. The van der Waals surface area contributed by atoms with Crippen molar-refractivity contribution in [2.75, 3.05) is 39.9 Å². The maximum atomic E-state index is 10.8. The van der Waals surface area contributed by atoms with E-state index in [1.165, 1.54) is 5.56 Å². The van der Waals surface area contributed by atoms with Gasteiger partial charge in [-0.25, -0.2) is 0 Å². The number of ether oxygens (including phenoxy) is 2. The number of nitrogens with zero attached hydrogens (tertiary/aromatic N) is 2. The molecule has 0 unspecified atom stereocenters. The molecule has 0 aromatic heterocycles. The standard InChI is InChI=1S/C22H28N2O3/c1-16(17-7-3-5-9-20(17)26-2)23-11-13-24(14-12-23)19-15-27-21-10-6-4-8-18(21)22(19)25/h3-10,16,19,22,25H,11-15H2,1-2H3/t16-,19-,22-/m0/s1. The largest absolute Gasteiger partial charge is 0.496 e. The number of piperazine rings is 1. The minimum absolute atomic E-state index is 0.0172. The molecule has 2 heterocycles. The lowest BCUT2D eigenvalue weighted by molar-refractivity contribution is -0.0224. The van der Waals surface area contributed by atoms with Crippen LogP contribution in [0.1, 0.15) is 30.2 Å². The molecule has 144 valence electrons. The van der Waals surface area contributed by atoms with E-state index in [0.717, 1.165) is 43.2 Å². The predicted octanol–water partition coefficient (Wildman–Crippen LogP) is 2.87. The number of fused-ring (bicyclic) bond motifs is 1. The molecule has 2 aliphatic rings. The Labute approximate surface area is 161 Å². The fourth-order valence-electron chi connectivity index (χ4n) is 4.30. The van der Waals surface area contributed by atoms with Crippen LogP contribution in [0, 0.1) is 0 Å². The zero-order chi connectivity index (χ0) is 18.8. The maximum Gasteiger partial charge on any atom is 0.125 e. The van der Waals surface area contributed by atoms with Crippen molar-refractivity contribution in [3.05, 3.63) is 59.7 Å². The van der Waals surface area contributed by atoms with Crippen LogP contribution in [-0.4, -0.2) is 60.8 Å². The molecule has 1 saturated heterocycles. The van der Waals surface area contributed by atoms with E-state index in [1.54, 1.807) is 7.11 Å². The molecule has 3 atom stereocenters. The third-order valence-electron chi connectivity index (χ3n) is 5.97. The second-order valence-corrected chi connectivity index (χ2v) is 7.35. The van der Waals surface area contributed by atoms with E-state index in [0.29, 0.717) is 12.6 Å². The van der Waals surface area contributed by atoms with Gasteiger partial charge in [-0.2, -0.15) is 0 Å². The van der Waals surface area contributed by atoms with Gasteiger partial charge in [0.25, 0.3) is 0 Å². The first-order valence-corrected chi connectivity index (χ1v) is 9.70. The summed E-state index contributed by atoms with van der Waals surface area (Å²) in [4.78, 5) is 4.85. The van der Waals surface area contributed by atoms with Crippen molar-refractivity contribution in [2.24, 2.45) is 0 Å². The summed E-state index contributed by atoms with van der Waals surface area (Å²) in [7, 11) is 1.73. The molecule has 0 saturated carbocycles. The van der Waals surface area contributed by atoms with Gasteiger partial charge in [0, 0.05) is 43.3 Å². The van der Waals surface area contributed by atoms with Crippen LogP contribution >= 0.6 is 0 Å². The van der Waals surface area contributed by atoms with Crippen molar-refractivity contribution in [1.82, 2.24) is 9.80 Å². The molecule has 4 rings (SSSR count). The molecular formula is C22H28N2O3. The van der Waals surface area contributed by atoms with Gasteiger partial charge in [-0.05, 0) is 19.1 Å². The number of hydrogen-bond acceptors (Lipinski definition) is 5. The minimum Gasteiger partial charge on any atom is -0.496 e. The molecular weight excluding hydrogens is 340 g/mol. The number of methoxy groups -OCH3 is 1. The second kappa shape index (κ2) is 7.89. The second-order valence-electron chi connectivity index (χ2n) is 7.35. The van der Waals surface area contributed by atoms with E-state index in [4.69, 9.17) is 9.47 Å². The maximum absolute atomic E-state index is 10.8. The fourth-order valence-corrected chi connectivity index (χ4v) is 4.30. The smallest absolute Gasteiger partial charge is 0.125 e. The summed E-state index contributed by atoms with van der Waals surface area (Å²) < 4.78 is 11.4. The van der Waals surface area contributed by atoms with Crippen LogP contribution < -0.4 is 9.47 Å². The highest BCUT2D eigenvalue weighted by Crippen LogP contribution is 2.35. The van der Waals surface area contributed by atoms with Crippen LogP contribution in [0.3, 0.4) is 0 Å². The molecule has 2 aromatic carbocycles. The quantitative estimate of drug-likeness (QED) is 0.899. The van der Waals surface area contributed by atoms with E-state index < -0.39 is 6.10 Å². The molecule has 0 aliphatic carbocycles. The first kappa shape index (κ1) is 18.3. The normalized spacial score (nSPS) is 24.7. The molecule has 27 heavy (non-hydrogen) atoms. The van der Waals surface area contributed by atoms with Gasteiger partial charge in [0.05, 0.1) is 13.2 Å². The van der Waals surface area contributed by atoms with Crippen molar-refractivity contribution >= 4 is 0 Å². The summed E-state index contributed by atoms with van der Waals surface area (Å²) in [5.74, 6) is 1.75. The van der Waals surface area contributed by atoms with Gasteiger partial charge in [0.15, 0.2) is 0 Å². The first-order valence-electron chi connectivity index (χ1n) is 9.70. The highest BCUT2D eigenvalue weighted by atomic mass is 16.5. The van der Waals surface area contributed by atoms with Crippen LogP contribution in [0.15, 0.2) is 48.5 Å². The summed E-state index contributed by atoms with van der Waals surface area (Å²) >= 11 is 0. The lowest BCUT2D eigenvalue weighted by Gasteiger charge is -2.44. The predicted molar refractivity (Wildman–Crippen MR) is 105 cm³/mol. The Bertz CT molecular complexity index is 774. The SMILES string of the molecule is COc1ccccc1[C@H](C)N1CCN([C@H]2COc3ccccc3[C@@H]2O)CC1. The number of aliphatic hydroxyl groups excluding tert-OH is 1. The summed E-state index contributed by atoms with van der Waals surface area (Å²) in [5.41, 5.74) is 2.13. The van der Waals surface area contributed by atoms with E-state index >= 15 is 0 Å². The van der Waals surface area contributed by atoms with Gasteiger partial charge in [-0.1, -0.05) is 36.4 Å². The molecule has 0 bridgehead atoms. The van der Waals surface area contributed by atoms with Crippen molar-refractivity contribution in [3.8, 4) is 11.5 Å². The third kappa shape index (κ3) is 3.55. The van der Waals surface area contributed by atoms with Crippen molar-refractivity contribution < 1.29 is 14.6 Å². The van der Waals surface area contributed by atoms with Crippen LogP contribution in [0.2, 0.25) is 0 Å². The molecule has 5 nitrogen and oxygen atoms in total. The van der Waals surface area contributed by atoms with Crippen LogP contribution in [-0.2, 0) is 0 Å². The van der Waals surface area contributed by atoms with Crippen molar-refractivity contribution in [3.63, 3.8) is 0 Å². The van der Waals surface area contributed by atoms with Gasteiger partial charge in [-0.3, -0.25) is 9.80 Å². The first-order chi connectivity index (χ1) is 13.2. The number of benzene rings is 2. The summed E-state index contributed by atoms with van der Waals surface area (Å²) in [5, 5.41) is 10.8. The van der Waals surface area contributed by atoms with Gasteiger partial charge >= 0.3 is 0 Å². The Morgan fingerprint density at radius 2 is 1.74 bits per heavy atom. The topological polar surface area (TPSA) is 45.2 Å². The lowest BCUT2D eigenvalue weighted by atomic mass is 9.97. The Morgan fingerprint density at radius 1 is 1.04 bits per heavy atom. The summed E-state index contributed by atoms with van der Waals surface area (Å²) in [6, 6.07) is 16.4. The summed E-state index contributed by atoms with van der Waals surface area (Å²) in [6.07, 6.45) is -0.492. The van der Waals surface area contributed by atoms with E-state index in [-0.39, 0.29) is 6.04 Å². The van der Waals surface area contributed by atoms with Crippen LogP contribution in [0.5, 0.6) is 11.5 Å². The third-order valence-corrected chi connectivity index (χ3v) is 5.97. The van der Waals surface area contributed by atoms with Crippen LogP contribution in [0.25, 0.3) is 0 Å². The zero-order valence-corrected chi connectivity index (χ0v) is 16.0. The monoisotopic (exact) mass is 368 g/mol. The average Bonchev–Trinajstić information content (AvgIpc) is 2.74. The van der Waals surface area contributed by atoms with Crippen LogP contribution in [0.4, 0.5) is 0 Å². The van der Waals surface area contributed by atoms with Crippen molar-refractivity contribution in [1.29, 1.82) is 0 Å². The Balaban J connectivity index is 1.41. The molecule has 1 N–H and O–H groups in total. The van der Waals surface area contributed by atoms with E-state index in [9.17, 15) is 5.11 Å². The average molecular weight is 368 g/mol. The van der Waals surface area contributed by atoms with Gasteiger partial charge in [-0.15, -0.1) is 0 Å². The Kier molecular flexibility index (Phi) is 5.34. The highest BCUT2D eigenvalue weighted by Gasteiger charge is 2.35. The molecule has 2 aliphatic heterocycles. The fraction of sp³-hybridized carbons (Fsp3) is 0.455. The molecule has 0 spiro atoms. The summed E-state index contributed by atoms with van der Waals surface area (Å²) in [6.45, 7) is 6.55. The van der Waals surface area contributed by atoms with Gasteiger partial charge < -0.3 is 14.6 Å². The van der Waals surface area contributed by atoms with Gasteiger partial charge in [0.2, 0.25) is 0 Å². The Morgan fingerprint density at radius 3 is 2.52 bits per heavy atom. The molecule has 0 amide bonds. The molecule has 1 fully saturated rings. The number of aliphatic hydroxyl groups is 1. The number of para-hydroxylation sites is 2. The lowest BCUT2D eigenvalue weighted by Crippen LogP contribution is -2.54. The number of rotatable bonds is 4. The molecule has 2 aromatic rings. The number of hydrogen-bond donors (Lipinski definition) is 1. The highest BCUT2D eigenvalue weighted by molar-refractivity contribution is 5.38. The molecule has 0 radical (unpaired) electrons. The van der Waals surface area contributed by atoms with E-state index in [1.807, 2.05) is 36.4 Å².